The maximum Gasteiger partial charge on any atom is 0.304 e. The highest BCUT2D eigenvalue weighted by atomic mass is 32.2. The number of nitrogens with one attached hydrogen (secondary N) is 2. The van der Waals surface area contributed by atoms with Gasteiger partial charge in [0, 0.05) is 12.1 Å². The third-order valence-corrected chi connectivity index (χ3v) is 4.79. The minimum Gasteiger partial charge on any atom is -0.317 e. The molecule has 21 heavy (non-hydrogen) atoms. The Morgan fingerprint density at radius 2 is 2.05 bits per heavy atom. The lowest BCUT2D eigenvalue weighted by atomic mass is 10.0. The van der Waals surface area contributed by atoms with Crippen molar-refractivity contribution in [2.75, 3.05) is 23.6 Å². The molecule has 1 heterocycles. The third kappa shape index (κ3) is 4.36. The summed E-state index contributed by atoms with van der Waals surface area (Å²) in [5.74, 6) is -1.04. The van der Waals surface area contributed by atoms with Crippen molar-refractivity contribution in [1.82, 2.24) is 5.32 Å². The number of piperidine rings is 1. The molecule has 1 aliphatic heterocycles. The van der Waals surface area contributed by atoms with Crippen molar-refractivity contribution in [3.05, 3.63) is 34.1 Å². The molecule has 116 valence electrons. The maximum atomic E-state index is 13.4. The van der Waals surface area contributed by atoms with Crippen molar-refractivity contribution in [1.29, 1.82) is 0 Å². The van der Waals surface area contributed by atoms with Gasteiger partial charge >= 0.3 is 5.69 Å². The number of sulfonamides is 1. The van der Waals surface area contributed by atoms with Crippen LogP contribution >= 0.6 is 0 Å². The lowest BCUT2D eigenvalue weighted by Gasteiger charge is -2.22. The van der Waals surface area contributed by atoms with E-state index >= 15 is 0 Å². The van der Waals surface area contributed by atoms with Crippen LogP contribution in [-0.2, 0) is 10.0 Å². The molecule has 7 nitrogen and oxygen atoms in total. The van der Waals surface area contributed by atoms with Gasteiger partial charge in [-0.15, -0.1) is 0 Å². The lowest BCUT2D eigenvalue weighted by Crippen LogP contribution is -2.33. The Labute approximate surface area is 121 Å². The summed E-state index contributed by atoms with van der Waals surface area (Å²) in [4.78, 5) is 9.64. The van der Waals surface area contributed by atoms with Gasteiger partial charge in [-0.3, -0.25) is 14.8 Å². The van der Waals surface area contributed by atoms with Crippen LogP contribution in [0.4, 0.5) is 15.8 Å². The van der Waals surface area contributed by atoms with Crippen LogP contribution in [0.25, 0.3) is 0 Å². The smallest absolute Gasteiger partial charge is 0.304 e. The fourth-order valence-electron chi connectivity index (χ4n) is 2.30. The molecule has 1 fully saturated rings. The minimum atomic E-state index is -3.60. The summed E-state index contributed by atoms with van der Waals surface area (Å²) < 4.78 is 39.7. The van der Waals surface area contributed by atoms with Crippen molar-refractivity contribution in [2.24, 2.45) is 5.92 Å². The van der Waals surface area contributed by atoms with Crippen LogP contribution in [0, 0.1) is 21.8 Å². The van der Waals surface area contributed by atoms with Gasteiger partial charge < -0.3 is 5.32 Å². The second-order valence-electron chi connectivity index (χ2n) is 5.00. The van der Waals surface area contributed by atoms with Crippen LogP contribution in [0.15, 0.2) is 18.2 Å². The van der Waals surface area contributed by atoms with Gasteiger partial charge in [0.25, 0.3) is 0 Å². The van der Waals surface area contributed by atoms with E-state index in [0.29, 0.717) is 0 Å². The van der Waals surface area contributed by atoms with Crippen LogP contribution in [0.2, 0.25) is 0 Å². The number of nitro groups is 1. The normalized spacial score (nSPS) is 16.6. The van der Waals surface area contributed by atoms with Crippen molar-refractivity contribution >= 4 is 21.4 Å². The molecular formula is C12H16FN3O4S. The highest BCUT2D eigenvalue weighted by molar-refractivity contribution is 7.92. The zero-order valence-electron chi connectivity index (χ0n) is 11.2. The Hall–Kier alpha value is -1.74. The SMILES string of the molecule is O=[N+]([O-])c1ccc(NS(=O)(=O)CC2CCNCC2)cc1F. The Balaban J connectivity index is 2.05. The lowest BCUT2D eigenvalue weighted by molar-refractivity contribution is -0.387. The molecule has 9 heteroatoms. The summed E-state index contributed by atoms with van der Waals surface area (Å²) in [6.07, 6.45) is 1.55. The van der Waals surface area contributed by atoms with Crippen molar-refractivity contribution in [2.45, 2.75) is 12.8 Å². The molecule has 1 aliphatic rings. The van der Waals surface area contributed by atoms with Gasteiger partial charge in [-0.25, -0.2) is 8.42 Å². The van der Waals surface area contributed by atoms with E-state index in [0.717, 1.165) is 38.1 Å². The predicted molar refractivity (Wildman–Crippen MR) is 76.1 cm³/mol. The summed E-state index contributed by atoms with van der Waals surface area (Å²) in [6, 6.07) is 2.94. The third-order valence-electron chi connectivity index (χ3n) is 3.33. The number of rotatable bonds is 5. The number of anilines is 1. The van der Waals surface area contributed by atoms with E-state index < -0.39 is 26.5 Å². The van der Waals surface area contributed by atoms with Gasteiger partial charge in [0.1, 0.15) is 0 Å². The molecule has 1 aromatic rings. The largest absolute Gasteiger partial charge is 0.317 e. The Bertz CT molecular complexity index is 629. The molecule has 0 saturated carbocycles. The fraction of sp³-hybridized carbons (Fsp3) is 0.500. The van der Waals surface area contributed by atoms with E-state index in [1.54, 1.807) is 0 Å². The molecule has 0 bridgehead atoms. The van der Waals surface area contributed by atoms with E-state index in [2.05, 4.69) is 10.0 Å². The summed E-state index contributed by atoms with van der Waals surface area (Å²) in [5.41, 5.74) is -0.691. The van der Waals surface area contributed by atoms with E-state index in [-0.39, 0.29) is 17.4 Å². The van der Waals surface area contributed by atoms with E-state index in [9.17, 15) is 22.9 Å². The Kier molecular flexibility index (Phi) is 4.73. The van der Waals surface area contributed by atoms with Crippen LogP contribution in [0.1, 0.15) is 12.8 Å². The monoisotopic (exact) mass is 317 g/mol. The maximum absolute atomic E-state index is 13.4. The number of nitrogens with zero attached hydrogens (tertiary/aromatic N) is 1. The predicted octanol–water partition coefficient (Wildman–Crippen LogP) is 1.48. The van der Waals surface area contributed by atoms with Gasteiger partial charge in [-0.2, -0.15) is 4.39 Å². The minimum absolute atomic E-state index is 0.00738. The van der Waals surface area contributed by atoms with Gasteiger partial charge in [0.15, 0.2) is 0 Å². The molecule has 0 aliphatic carbocycles. The molecule has 0 unspecified atom stereocenters. The first kappa shape index (κ1) is 15.6. The van der Waals surface area contributed by atoms with Gasteiger partial charge in [0.2, 0.25) is 15.8 Å². The molecule has 0 spiro atoms. The highest BCUT2D eigenvalue weighted by Crippen LogP contribution is 2.22. The van der Waals surface area contributed by atoms with Gasteiger partial charge in [0.05, 0.1) is 16.4 Å². The van der Waals surface area contributed by atoms with Crippen molar-refractivity contribution in [3.63, 3.8) is 0 Å². The molecule has 0 radical (unpaired) electrons. The molecule has 0 atom stereocenters. The number of benzene rings is 1. The molecule has 1 aromatic carbocycles. The first-order valence-electron chi connectivity index (χ1n) is 6.52. The number of halogens is 1. The molecule has 2 rings (SSSR count). The second-order valence-corrected chi connectivity index (χ2v) is 6.77. The van der Waals surface area contributed by atoms with Crippen LogP contribution < -0.4 is 10.0 Å². The second kappa shape index (κ2) is 6.35. The number of hydrogen-bond acceptors (Lipinski definition) is 5. The van der Waals surface area contributed by atoms with Gasteiger partial charge in [-0.1, -0.05) is 0 Å². The van der Waals surface area contributed by atoms with Crippen molar-refractivity contribution in [3.8, 4) is 0 Å². The average Bonchev–Trinajstić information content (AvgIpc) is 2.38. The molecule has 1 saturated heterocycles. The van der Waals surface area contributed by atoms with E-state index in [4.69, 9.17) is 0 Å². The first-order chi connectivity index (χ1) is 9.87. The highest BCUT2D eigenvalue weighted by Gasteiger charge is 2.22. The Morgan fingerprint density at radius 1 is 1.38 bits per heavy atom. The standard InChI is InChI=1S/C12H16FN3O4S/c13-11-7-10(1-2-12(11)16(17)18)15-21(19,20)8-9-3-5-14-6-4-9/h1-2,7,9,14-15H,3-6,8H2. The zero-order valence-corrected chi connectivity index (χ0v) is 12.0. The van der Waals surface area contributed by atoms with Gasteiger partial charge in [-0.05, 0) is 37.9 Å². The molecular weight excluding hydrogens is 301 g/mol. The van der Waals surface area contributed by atoms with E-state index in [1.807, 2.05) is 0 Å². The zero-order chi connectivity index (χ0) is 15.5. The summed E-state index contributed by atoms with van der Waals surface area (Å²) in [5, 5.41) is 13.6. The van der Waals surface area contributed by atoms with Crippen LogP contribution in [0.5, 0.6) is 0 Å². The quantitative estimate of drug-likeness (QED) is 0.632. The Morgan fingerprint density at radius 3 is 2.62 bits per heavy atom. The molecule has 0 aromatic heterocycles. The first-order valence-corrected chi connectivity index (χ1v) is 8.18. The molecule has 2 N–H and O–H groups in total. The fourth-order valence-corrected chi connectivity index (χ4v) is 3.82. The molecule has 0 amide bonds. The van der Waals surface area contributed by atoms with Crippen LogP contribution in [-0.4, -0.2) is 32.2 Å². The van der Waals surface area contributed by atoms with E-state index in [1.165, 1.54) is 6.07 Å². The average molecular weight is 317 g/mol. The van der Waals surface area contributed by atoms with Crippen LogP contribution in [0.3, 0.4) is 0 Å². The van der Waals surface area contributed by atoms with Crippen molar-refractivity contribution < 1.29 is 17.7 Å². The number of nitro benzene ring substituents is 1. The number of hydrogen-bond donors (Lipinski definition) is 2. The topological polar surface area (TPSA) is 101 Å². The summed E-state index contributed by atoms with van der Waals surface area (Å²) in [7, 11) is -3.60. The summed E-state index contributed by atoms with van der Waals surface area (Å²) >= 11 is 0. The summed E-state index contributed by atoms with van der Waals surface area (Å²) in [6.45, 7) is 1.57.